The fourth-order valence-corrected chi connectivity index (χ4v) is 2.96. The van der Waals surface area contributed by atoms with E-state index in [0.29, 0.717) is 6.04 Å². The molecule has 1 heterocycles. The molecule has 92 valence electrons. The Labute approximate surface area is 103 Å². The maximum atomic E-state index is 4.53. The van der Waals surface area contributed by atoms with Gasteiger partial charge >= 0.3 is 0 Å². The Morgan fingerprint density at radius 1 is 1.50 bits per heavy atom. The molecule has 2 nitrogen and oxygen atoms in total. The van der Waals surface area contributed by atoms with Gasteiger partial charge in [-0.15, -0.1) is 11.3 Å². The van der Waals surface area contributed by atoms with Crippen LogP contribution in [-0.4, -0.2) is 18.1 Å². The number of rotatable bonds is 7. The van der Waals surface area contributed by atoms with Gasteiger partial charge in [-0.25, -0.2) is 4.98 Å². The molecule has 0 aliphatic carbocycles. The highest BCUT2D eigenvalue weighted by Crippen LogP contribution is 2.17. The molecule has 3 heteroatoms. The van der Waals surface area contributed by atoms with Crippen molar-refractivity contribution in [2.24, 2.45) is 5.92 Å². The lowest BCUT2D eigenvalue weighted by atomic mass is 9.96. The predicted molar refractivity (Wildman–Crippen MR) is 72.1 cm³/mol. The van der Waals surface area contributed by atoms with Gasteiger partial charge in [-0.2, -0.15) is 0 Å². The lowest BCUT2D eigenvalue weighted by Crippen LogP contribution is -2.29. The summed E-state index contributed by atoms with van der Waals surface area (Å²) in [5.74, 6) is 0.809. The maximum Gasteiger partial charge on any atom is 0.0943 e. The zero-order chi connectivity index (χ0) is 12.0. The van der Waals surface area contributed by atoms with Crippen LogP contribution in [0.1, 0.15) is 43.8 Å². The van der Waals surface area contributed by atoms with Crippen LogP contribution in [0.5, 0.6) is 0 Å². The van der Waals surface area contributed by atoms with E-state index in [4.69, 9.17) is 0 Å². The van der Waals surface area contributed by atoms with Gasteiger partial charge in [-0.05, 0) is 26.3 Å². The van der Waals surface area contributed by atoms with Crippen molar-refractivity contribution in [1.29, 1.82) is 0 Å². The first kappa shape index (κ1) is 13.7. The largest absolute Gasteiger partial charge is 0.317 e. The first-order valence-electron chi connectivity index (χ1n) is 6.24. The van der Waals surface area contributed by atoms with Gasteiger partial charge in [-0.1, -0.05) is 26.7 Å². The average Bonchev–Trinajstić information content (AvgIpc) is 2.63. The van der Waals surface area contributed by atoms with Crippen molar-refractivity contribution in [3.05, 3.63) is 16.1 Å². The number of thiazole rings is 1. The molecular weight excluding hydrogens is 216 g/mol. The number of hydrogen-bond donors (Lipinski definition) is 1. The molecule has 0 bridgehead atoms. The molecule has 0 aliphatic heterocycles. The molecule has 0 aliphatic rings. The van der Waals surface area contributed by atoms with Crippen molar-refractivity contribution < 1.29 is 0 Å². The smallest absolute Gasteiger partial charge is 0.0943 e. The first-order valence-corrected chi connectivity index (χ1v) is 7.12. The number of nitrogens with one attached hydrogen (secondary N) is 1. The standard InChI is InChI=1S/C13H24N2S/c1-5-6-10(2)7-12(14-4)8-13-15-11(3)9-16-13/h9-10,12,14H,5-8H2,1-4H3. The van der Waals surface area contributed by atoms with Crippen LogP contribution in [0.2, 0.25) is 0 Å². The van der Waals surface area contributed by atoms with Crippen LogP contribution in [0.15, 0.2) is 5.38 Å². The third-order valence-corrected chi connectivity index (χ3v) is 3.95. The fourth-order valence-electron chi connectivity index (χ4n) is 2.11. The Morgan fingerprint density at radius 3 is 2.75 bits per heavy atom. The second-order valence-electron chi connectivity index (χ2n) is 4.70. The molecule has 1 aromatic heterocycles. The van der Waals surface area contributed by atoms with Crippen molar-refractivity contribution in [3.8, 4) is 0 Å². The summed E-state index contributed by atoms with van der Waals surface area (Å²) in [6, 6.07) is 0.576. The minimum atomic E-state index is 0.576. The summed E-state index contributed by atoms with van der Waals surface area (Å²) >= 11 is 1.78. The Kier molecular flexibility index (Phi) is 5.99. The SMILES string of the molecule is CCCC(C)CC(Cc1nc(C)cs1)NC. The lowest BCUT2D eigenvalue weighted by molar-refractivity contribution is 0.397. The molecule has 0 fully saturated rings. The molecule has 0 amide bonds. The van der Waals surface area contributed by atoms with Gasteiger partial charge in [0.05, 0.1) is 5.01 Å². The summed E-state index contributed by atoms with van der Waals surface area (Å²) < 4.78 is 0. The van der Waals surface area contributed by atoms with Crippen molar-refractivity contribution >= 4 is 11.3 Å². The van der Waals surface area contributed by atoms with E-state index in [1.165, 1.54) is 24.3 Å². The molecule has 2 atom stereocenters. The minimum Gasteiger partial charge on any atom is -0.317 e. The highest BCUT2D eigenvalue weighted by atomic mass is 32.1. The van der Waals surface area contributed by atoms with Crippen LogP contribution < -0.4 is 5.32 Å². The molecule has 1 rings (SSSR count). The Bertz CT molecular complexity index is 296. The number of hydrogen-bond acceptors (Lipinski definition) is 3. The topological polar surface area (TPSA) is 24.9 Å². The molecule has 0 saturated heterocycles. The molecule has 2 unspecified atom stereocenters. The van der Waals surface area contributed by atoms with Crippen LogP contribution in [0.25, 0.3) is 0 Å². The molecule has 0 aromatic carbocycles. The predicted octanol–water partition coefficient (Wildman–Crippen LogP) is 3.41. The quantitative estimate of drug-likeness (QED) is 0.790. The van der Waals surface area contributed by atoms with E-state index in [1.807, 2.05) is 0 Å². The maximum absolute atomic E-state index is 4.53. The molecule has 0 spiro atoms. The number of likely N-dealkylation sites (N-methyl/N-ethyl adjacent to an activating group) is 1. The van der Waals surface area contributed by atoms with Crippen molar-refractivity contribution in [2.45, 2.75) is 52.5 Å². The van der Waals surface area contributed by atoms with E-state index in [0.717, 1.165) is 18.0 Å². The number of nitrogens with zero attached hydrogens (tertiary/aromatic N) is 1. The highest BCUT2D eigenvalue weighted by molar-refractivity contribution is 7.09. The minimum absolute atomic E-state index is 0.576. The molecule has 1 N–H and O–H groups in total. The van der Waals surface area contributed by atoms with E-state index in [2.05, 4.69) is 43.5 Å². The average molecular weight is 240 g/mol. The Morgan fingerprint density at radius 2 is 2.25 bits per heavy atom. The Hall–Kier alpha value is -0.410. The van der Waals surface area contributed by atoms with Crippen LogP contribution in [-0.2, 0) is 6.42 Å². The van der Waals surface area contributed by atoms with E-state index in [9.17, 15) is 0 Å². The highest BCUT2D eigenvalue weighted by Gasteiger charge is 2.13. The summed E-state index contributed by atoms with van der Waals surface area (Å²) in [7, 11) is 2.06. The van der Waals surface area contributed by atoms with Gasteiger partial charge in [0.2, 0.25) is 0 Å². The van der Waals surface area contributed by atoms with Crippen molar-refractivity contribution in [3.63, 3.8) is 0 Å². The molecule has 0 saturated carbocycles. The van der Waals surface area contributed by atoms with Gasteiger partial charge in [0.1, 0.15) is 0 Å². The summed E-state index contributed by atoms with van der Waals surface area (Å²) in [5.41, 5.74) is 1.15. The van der Waals surface area contributed by atoms with Crippen molar-refractivity contribution in [1.82, 2.24) is 10.3 Å². The normalized spacial score (nSPS) is 15.0. The van der Waals surface area contributed by atoms with Gasteiger partial charge in [-0.3, -0.25) is 0 Å². The van der Waals surface area contributed by atoms with Gasteiger partial charge in [0.15, 0.2) is 0 Å². The molecule has 0 radical (unpaired) electrons. The molecular formula is C13H24N2S. The van der Waals surface area contributed by atoms with E-state index in [1.54, 1.807) is 11.3 Å². The zero-order valence-electron chi connectivity index (χ0n) is 10.9. The van der Waals surface area contributed by atoms with Crippen LogP contribution in [0.4, 0.5) is 0 Å². The molecule has 1 aromatic rings. The van der Waals surface area contributed by atoms with Gasteiger partial charge in [0.25, 0.3) is 0 Å². The van der Waals surface area contributed by atoms with Crippen LogP contribution in [0.3, 0.4) is 0 Å². The summed E-state index contributed by atoms with van der Waals surface area (Å²) in [6.45, 7) is 6.67. The third kappa shape index (κ3) is 4.62. The Balaban J connectivity index is 2.42. The summed E-state index contributed by atoms with van der Waals surface area (Å²) in [6.07, 6.45) is 4.94. The van der Waals surface area contributed by atoms with Crippen molar-refractivity contribution in [2.75, 3.05) is 7.05 Å². The third-order valence-electron chi connectivity index (χ3n) is 2.96. The zero-order valence-corrected chi connectivity index (χ0v) is 11.7. The second kappa shape index (κ2) is 7.02. The van der Waals surface area contributed by atoms with E-state index >= 15 is 0 Å². The van der Waals surface area contributed by atoms with Crippen LogP contribution >= 0.6 is 11.3 Å². The monoisotopic (exact) mass is 240 g/mol. The summed E-state index contributed by atoms with van der Waals surface area (Å²) in [5, 5.41) is 6.82. The fraction of sp³-hybridized carbons (Fsp3) is 0.769. The van der Waals surface area contributed by atoms with E-state index in [-0.39, 0.29) is 0 Å². The van der Waals surface area contributed by atoms with Gasteiger partial charge < -0.3 is 5.32 Å². The number of aromatic nitrogens is 1. The van der Waals surface area contributed by atoms with Crippen LogP contribution in [0, 0.1) is 12.8 Å². The first-order chi connectivity index (χ1) is 7.65. The van der Waals surface area contributed by atoms with Gasteiger partial charge in [0, 0.05) is 23.5 Å². The second-order valence-corrected chi connectivity index (χ2v) is 5.64. The van der Waals surface area contributed by atoms with E-state index < -0.39 is 0 Å². The lowest BCUT2D eigenvalue weighted by Gasteiger charge is -2.19. The summed E-state index contributed by atoms with van der Waals surface area (Å²) in [4.78, 5) is 4.53. The molecule has 16 heavy (non-hydrogen) atoms. The number of aryl methyl sites for hydroxylation is 1.